The number of hydrogen-bond acceptors (Lipinski definition) is 6. The highest BCUT2D eigenvalue weighted by Crippen LogP contribution is 2.27. The van der Waals surface area contributed by atoms with E-state index in [4.69, 9.17) is 10.9 Å². The summed E-state index contributed by atoms with van der Waals surface area (Å²) in [6.07, 6.45) is 4.14. The van der Waals surface area contributed by atoms with Crippen molar-refractivity contribution >= 4 is 23.0 Å². The predicted octanol–water partition coefficient (Wildman–Crippen LogP) is 1.20. The quantitative estimate of drug-likeness (QED) is 0.372. The van der Waals surface area contributed by atoms with Gasteiger partial charge in [0.1, 0.15) is 0 Å². The second-order valence-corrected chi connectivity index (χ2v) is 5.26. The van der Waals surface area contributed by atoms with Gasteiger partial charge in [-0.25, -0.2) is 9.97 Å². The third kappa shape index (κ3) is 2.12. The topological polar surface area (TPSA) is 87.6 Å². The smallest absolute Gasteiger partial charge is 0.192 e. The van der Waals surface area contributed by atoms with E-state index in [-0.39, 0.29) is 5.84 Å². The van der Waals surface area contributed by atoms with E-state index in [1.807, 2.05) is 0 Å². The van der Waals surface area contributed by atoms with Crippen molar-refractivity contribution < 1.29 is 5.21 Å². The number of aromatic nitrogens is 2. The molecule has 0 unspecified atom stereocenters. The molecule has 19 heavy (non-hydrogen) atoms. The van der Waals surface area contributed by atoms with Crippen LogP contribution in [0.25, 0.3) is 0 Å². The first-order valence-corrected chi connectivity index (χ1v) is 6.76. The maximum absolute atomic E-state index is 8.81. The minimum Gasteiger partial charge on any atom is -0.409 e. The van der Waals surface area contributed by atoms with E-state index in [1.54, 1.807) is 17.5 Å². The molecular formula is C12H13N5OS. The summed E-state index contributed by atoms with van der Waals surface area (Å²) < 4.78 is 0. The van der Waals surface area contributed by atoms with Crippen LogP contribution < -0.4 is 10.6 Å². The van der Waals surface area contributed by atoms with Gasteiger partial charge in [-0.1, -0.05) is 5.16 Å². The number of nitrogens with two attached hydrogens (primary N) is 1. The molecule has 2 aromatic heterocycles. The van der Waals surface area contributed by atoms with Crippen LogP contribution >= 0.6 is 11.3 Å². The normalized spacial score (nSPS) is 15.4. The van der Waals surface area contributed by atoms with Gasteiger partial charge in [0.25, 0.3) is 0 Å². The van der Waals surface area contributed by atoms with Crippen LogP contribution in [0.2, 0.25) is 0 Å². The van der Waals surface area contributed by atoms with Gasteiger partial charge in [0, 0.05) is 30.4 Å². The van der Waals surface area contributed by atoms with Crippen molar-refractivity contribution in [3.63, 3.8) is 0 Å². The van der Waals surface area contributed by atoms with Gasteiger partial charge in [0.05, 0.1) is 0 Å². The standard InChI is InChI=1S/C12H13N5OS/c13-11(16-18)10-12(15-4-3-14-10)17-5-1-9-8(7-17)2-6-19-9/h2-4,6,18H,1,5,7H2,(H2,13,16). The van der Waals surface area contributed by atoms with E-state index in [0.29, 0.717) is 11.5 Å². The highest BCUT2D eigenvalue weighted by molar-refractivity contribution is 7.10. The molecule has 3 heterocycles. The number of nitrogens with zero attached hydrogens (tertiary/aromatic N) is 4. The number of fused-ring (bicyclic) bond motifs is 1. The molecule has 0 aliphatic carbocycles. The molecule has 1 aliphatic rings. The summed E-state index contributed by atoms with van der Waals surface area (Å²) in [6.45, 7) is 1.64. The van der Waals surface area contributed by atoms with Crippen molar-refractivity contribution in [2.75, 3.05) is 11.4 Å². The molecule has 0 saturated carbocycles. The Balaban J connectivity index is 1.96. The Morgan fingerprint density at radius 3 is 3.11 bits per heavy atom. The molecule has 0 amide bonds. The highest BCUT2D eigenvalue weighted by atomic mass is 32.1. The minimum absolute atomic E-state index is 0.0146. The summed E-state index contributed by atoms with van der Waals surface area (Å²) in [5.41, 5.74) is 7.38. The van der Waals surface area contributed by atoms with E-state index >= 15 is 0 Å². The number of anilines is 1. The third-order valence-electron chi connectivity index (χ3n) is 3.14. The Morgan fingerprint density at radius 2 is 2.26 bits per heavy atom. The van der Waals surface area contributed by atoms with Crippen molar-refractivity contribution in [3.8, 4) is 0 Å². The maximum Gasteiger partial charge on any atom is 0.192 e. The highest BCUT2D eigenvalue weighted by Gasteiger charge is 2.22. The van der Waals surface area contributed by atoms with Crippen LogP contribution in [-0.4, -0.2) is 27.6 Å². The third-order valence-corrected chi connectivity index (χ3v) is 4.16. The predicted molar refractivity (Wildman–Crippen MR) is 73.6 cm³/mol. The van der Waals surface area contributed by atoms with Crippen molar-refractivity contribution in [2.24, 2.45) is 10.9 Å². The lowest BCUT2D eigenvalue weighted by atomic mass is 10.1. The van der Waals surface area contributed by atoms with Crippen LogP contribution in [0.15, 0.2) is 29.0 Å². The van der Waals surface area contributed by atoms with E-state index in [2.05, 4.69) is 31.5 Å². The fraction of sp³-hybridized carbons (Fsp3) is 0.250. The summed E-state index contributed by atoms with van der Waals surface area (Å²) in [4.78, 5) is 12.0. The zero-order valence-electron chi connectivity index (χ0n) is 10.2. The van der Waals surface area contributed by atoms with Gasteiger partial charge in [0.15, 0.2) is 17.3 Å². The molecule has 0 aromatic carbocycles. The molecule has 6 nitrogen and oxygen atoms in total. The Morgan fingerprint density at radius 1 is 1.42 bits per heavy atom. The molecule has 0 radical (unpaired) electrons. The fourth-order valence-electron chi connectivity index (χ4n) is 2.22. The summed E-state index contributed by atoms with van der Waals surface area (Å²) in [5.74, 6) is 0.647. The summed E-state index contributed by atoms with van der Waals surface area (Å²) >= 11 is 1.79. The lowest BCUT2D eigenvalue weighted by molar-refractivity contribution is 0.318. The van der Waals surface area contributed by atoms with E-state index in [1.165, 1.54) is 16.6 Å². The minimum atomic E-state index is -0.0146. The fourth-order valence-corrected chi connectivity index (χ4v) is 3.11. The molecule has 0 bridgehead atoms. The molecule has 0 saturated heterocycles. The molecule has 0 atom stereocenters. The van der Waals surface area contributed by atoms with E-state index in [9.17, 15) is 0 Å². The average molecular weight is 275 g/mol. The first kappa shape index (κ1) is 11.9. The van der Waals surface area contributed by atoms with Gasteiger partial charge in [-0.15, -0.1) is 11.3 Å². The molecule has 1 aliphatic heterocycles. The van der Waals surface area contributed by atoms with Gasteiger partial charge in [-0.2, -0.15) is 0 Å². The lowest BCUT2D eigenvalue weighted by Crippen LogP contribution is -2.32. The zero-order valence-corrected chi connectivity index (χ0v) is 11.0. The Hall–Kier alpha value is -2.15. The van der Waals surface area contributed by atoms with Crippen LogP contribution in [0, 0.1) is 0 Å². The second-order valence-electron chi connectivity index (χ2n) is 4.25. The van der Waals surface area contributed by atoms with Gasteiger partial charge in [0.2, 0.25) is 0 Å². The summed E-state index contributed by atoms with van der Waals surface area (Å²) in [5, 5.41) is 13.9. The van der Waals surface area contributed by atoms with Crippen LogP contribution in [0.4, 0.5) is 5.82 Å². The first-order valence-electron chi connectivity index (χ1n) is 5.88. The summed E-state index contributed by atoms with van der Waals surface area (Å²) in [6, 6.07) is 2.13. The van der Waals surface area contributed by atoms with Crippen molar-refractivity contribution in [1.29, 1.82) is 0 Å². The Kier molecular flexibility index (Phi) is 3.04. The lowest BCUT2D eigenvalue weighted by Gasteiger charge is -2.28. The first-order chi connectivity index (χ1) is 9.29. The number of rotatable bonds is 2. The van der Waals surface area contributed by atoms with E-state index in [0.717, 1.165) is 19.5 Å². The zero-order chi connectivity index (χ0) is 13.2. The van der Waals surface area contributed by atoms with Gasteiger partial charge in [-0.3, -0.25) is 0 Å². The molecule has 0 spiro atoms. The van der Waals surface area contributed by atoms with Crippen molar-refractivity contribution in [3.05, 3.63) is 40.0 Å². The Labute approximate surface area is 114 Å². The average Bonchev–Trinajstić information content (AvgIpc) is 2.93. The van der Waals surface area contributed by atoms with Crippen molar-refractivity contribution in [1.82, 2.24) is 9.97 Å². The summed E-state index contributed by atoms with van der Waals surface area (Å²) in [7, 11) is 0. The van der Waals surface area contributed by atoms with E-state index < -0.39 is 0 Å². The monoisotopic (exact) mass is 275 g/mol. The molecule has 7 heteroatoms. The van der Waals surface area contributed by atoms with Gasteiger partial charge < -0.3 is 15.8 Å². The largest absolute Gasteiger partial charge is 0.409 e. The van der Waals surface area contributed by atoms with Crippen LogP contribution in [0.1, 0.15) is 16.1 Å². The number of oxime groups is 1. The van der Waals surface area contributed by atoms with Crippen LogP contribution in [0.5, 0.6) is 0 Å². The molecule has 3 rings (SSSR count). The van der Waals surface area contributed by atoms with Gasteiger partial charge in [-0.05, 0) is 23.4 Å². The second kappa shape index (κ2) is 4.85. The molecule has 2 aromatic rings. The van der Waals surface area contributed by atoms with Crippen molar-refractivity contribution in [2.45, 2.75) is 13.0 Å². The Bertz CT molecular complexity index is 624. The van der Waals surface area contributed by atoms with Crippen LogP contribution in [-0.2, 0) is 13.0 Å². The number of amidine groups is 1. The number of thiophene rings is 1. The molecule has 3 N–H and O–H groups in total. The van der Waals surface area contributed by atoms with Crippen LogP contribution in [0.3, 0.4) is 0 Å². The van der Waals surface area contributed by atoms with Gasteiger partial charge >= 0.3 is 0 Å². The molecule has 98 valence electrons. The molecule has 0 fully saturated rings. The number of hydrogen-bond donors (Lipinski definition) is 2. The maximum atomic E-state index is 8.81. The SMILES string of the molecule is NC(=NO)c1nccnc1N1CCc2sccc2C1. The molecular weight excluding hydrogens is 262 g/mol.